The molecule has 0 bridgehead atoms. The second-order valence-electron chi connectivity index (χ2n) is 7.05. The molecule has 1 aliphatic rings. The number of hydrogen-bond acceptors (Lipinski definition) is 2. The van der Waals surface area contributed by atoms with Crippen molar-refractivity contribution < 1.29 is 9.53 Å². The molecule has 1 amide bonds. The molecular formula is C21H33NO2. The summed E-state index contributed by atoms with van der Waals surface area (Å²) in [4.78, 5) is 12.2. The molecule has 1 heterocycles. The zero-order chi connectivity index (χ0) is 17.1. The van der Waals surface area contributed by atoms with E-state index in [1.165, 1.54) is 37.7 Å². The van der Waals surface area contributed by atoms with E-state index >= 15 is 0 Å². The first kappa shape index (κ1) is 19.0. The molecule has 1 aromatic carbocycles. The van der Waals surface area contributed by atoms with Crippen LogP contribution in [0.2, 0.25) is 0 Å². The summed E-state index contributed by atoms with van der Waals surface area (Å²) in [5, 5.41) is 3.20. The highest BCUT2D eigenvalue weighted by atomic mass is 16.5. The Morgan fingerprint density at radius 2 is 1.71 bits per heavy atom. The Bertz CT molecular complexity index is 466. The van der Waals surface area contributed by atoms with Crippen LogP contribution in [0.4, 0.5) is 0 Å². The lowest BCUT2D eigenvalue weighted by molar-refractivity contribution is -0.121. The van der Waals surface area contributed by atoms with Gasteiger partial charge in [0.05, 0.1) is 0 Å². The third-order valence-corrected chi connectivity index (χ3v) is 5.22. The zero-order valence-corrected chi connectivity index (χ0v) is 15.2. The topological polar surface area (TPSA) is 38.3 Å². The first-order valence-corrected chi connectivity index (χ1v) is 9.67. The van der Waals surface area contributed by atoms with Crippen molar-refractivity contribution in [2.45, 2.75) is 70.1 Å². The lowest BCUT2D eigenvalue weighted by Crippen LogP contribution is -2.44. The van der Waals surface area contributed by atoms with Crippen molar-refractivity contribution in [3.63, 3.8) is 0 Å². The summed E-state index contributed by atoms with van der Waals surface area (Å²) in [6, 6.07) is 10.6. The van der Waals surface area contributed by atoms with Crippen molar-refractivity contribution in [1.29, 1.82) is 0 Å². The van der Waals surface area contributed by atoms with Crippen molar-refractivity contribution in [2.75, 3.05) is 19.8 Å². The van der Waals surface area contributed by atoms with Crippen molar-refractivity contribution in [1.82, 2.24) is 5.32 Å². The van der Waals surface area contributed by atoms with Crippen LogP contribution < -0.4 is 5.32 Å². The second-order valence-corrected chi connectivity index (χ2v) is 7.05. The van der Waals surface area contributed by atoms with Crippen molar-refractivity contribution in [3.8, 4) is 0 Å². The van der Waals surface area contributed by atoms with Gasteiger partial charge in [-0.15, -0.1) is 0 Å². The van der Waals surface area contributed by atoms with E-state index in [-0.39, 0.29) is 11.3 Å². The molecule has 1 saturated heterocycles. The van der Waals surface area contributed by atoms with Crippen molar-refractivity contribution in [3.05, 3.63) is 35.9 Å². The second kappa shape index (κ2) is 10.5. The quantitative estimate of drug-likeness (QED) is 0.636. The molecule has 0 atom stereocenters. The van der Waals surface area contributed by atoms with Gasteiger partial charge in [-0.25, -0.2) is 0 Å². The fourth-order valence-electron chi connectivity index (χ4n) is 3.54. The predicted molar refractivity (Wildman–Crippen MR) is 99.2 cm³/mol. The Labute approximate surface area is 147 Å². The zero-order valence-electron chi connectivity index (χ0n) is 15.2. The fourth-order valence-corrected chi connectivity index (χ4v) is 3.54. The molecule has 3 nitrogen and oxygen atoms in total. The fraction of sp³-hybridized carbons (Fsp3) is 0.667. The third kappa shape index (κ3) is 5.94. The number of amides is 1. The summed E-state index contributed by atoms with van der Waals surface area (Å²) in [6.45, 7) is 4.52. The number of carbonyl (C=O) groups is 1. The Morgan fingerprint density at radius 3 is 2.42 bits per heavy atom. The Balaban J connectivity index is 1.78. The Hall–Kier alpha value is -1.35. The Morgan fingerprint density at radius 1 is 1.04 bits per heavy atom. The molecule has 1 fully saturated rings. The standard InChI is InChI=1S/C21H33NO2/c1-2-3-4-5-6-10-13-20(23)22-18-21(14-16-24-17-15-21)19-11-8-7-9-12-19/h7-9,11-12H,2-6,10,13-18H2,1H3,(H,22,23). The molecule has 1 aliphatic heterocycles. The smallest absolute Gasteiger partial charge is 0.220 e. The number of carbonyl (C=O) groups excluding carboxylic acids is 1. The number of ether oxygens (including phenoxy) is 1. The minimum Gasteiger partial charge on any atom is -0.381 e. The van der Waals surface area contributed by atoms with Gasteiger partial charge in [0, 0.05) is 31.6 Å². The molecule has 0 aliphatic carbocycles. The highest BCUT2D eigenvalue weighted by Gasteiger charge is 2.34. The first-order chi connectivity index (χ1) is 11.8. The van der Waals surface area contributed by atoms with Crippen LogP contribution in [0.1, 0.15) is 70.3 Å². The van der Waals surface area contributed by atoms with Gasteiger partial charge in [0.25, 0.3) is 0 Å². The summed E-state index contributed by atoms with van der Waals surface area (Å²) in [5.74, 6) is 0.201. The number of hydrogen-bond donors (Lipinski definition) is 1. The minimum atomic E-state index is 0.0380. The third-order valence-electron chi connectivity index (χ3n) is 5.22. The number of rotatable bonds is 10. The van der Waals surface area contributed by atoms with Crippen LogP contribution in [-0.2, 0) is 14.9 Å². The van der Waals surface area contributed by atoms with Crippen LogP contribution in [0, 0.1) is 0 Å². The first-order valence-electron chi connectivity index (χ1n) is 9.67. The summed E-state index contributed by atoms with van der Waals surface area (Å²) >= 11 is 0. The van der Waals surface area contributed by atoms with E-state index < -0.39 is 0 Å². The van der Waals surface area contributed by atoms with E-state index in [1.807, 2.05) is 6.07 Å². The molecule has 0 saturated carbocycles. The summed E-state index contributed by atoms with van der Waals surface area (Å²) in [6.07, 6.45) is 9.94. The maximum atomic E-state index is 12.2. The van der Waals surface area contributed by atoms with Gasteiger partial charge in [0.1, 0.15) is 0 Å². The van der Waals surface area contributed by atoms with Gasteiger partial charge in [-0.3, -0.25) is 4.79 Å². The molecule has 1 N–H and O–H groups in total. The molecular weight excluding hydrogens is 298 g/mol. The molecule has 1 aromatic rings. The number of nitrogens with one attached hydrogen (secondary N) is 1. The van der Waals surface area contributed by atoms with Gasteiger partial charge in [-0.1, -0.05) is 69.4 Å². The van der Waals surface area contributed by atoms with Crippen molar-refractivity contribution >= 4 is 5.91 Å². The monoisotopic (exact) mass is 331 g/mol. The highest BCUT2D eigenvalue weighted by molar-refractivity contribution is 5.76. The lowest BCUT2D eigenvalue weighted by Gasteiger charge is -2.38. The predicted octanol–water partition coefficient (Wildman–Crippen LogP) is 4.60. The maximum Gasteiger partial charge on any atom is 0.220 e. The van der Waals surface area contributed by atoms with E-state index in [0.29, 0.717) is 6.42 Å². The van der Waals surface area contributed by atoms with Crippen LogP contribution in [0.15, 0.2) is 30.3 Å². The van der Waals surface area contributed by atoms with Crippen LogP contribution >= 0.6 is 0 Å². The molecule has 0 aromatic heterocycles. The molecule has 0 radical (unpaired) electrons. The molecule has 24 heavy (non-hydrogen) atoms. The molecule has 0 spiro atoms. The van der Waals surface area contributed by atoms with Gasteiger partial charge in [-0.05, 0) is 24.8 Å². The van der Waals surface area contributed by atoms with E-state index in [1.54, 1.807) is 0 Å². The SMILES string of the molecule is CCCCCCCCC(=O)NCC1(c2ccccc2)CCOCC1. The molecule has 0 unspecified atom stereocenters. The maximum absolute atomic E-state index is 12.2. The summed E-state index contributed by atoms with van der Waals surface area (Å²) in [5.41, 5.74) is 1.36. The number of unbranched alkanes of at least 4 members (excludes halogenated alkanes) is 5. The largest absolute Gasteiger partial charge is 0.381 e. The normalized spacial score (nSPS) is 16.7. The highest BCUT2D eigenvalue weighted by Crippen LogP contribution is 2.34. The molecule has 134 valence electrons. The molecule has 2 rings (SSSR count). The van der Waals surface area contributed by atoms with Crippen LogP contribution in [0.3, 0.4) is 0 Å². The average molecular weight is 332 g/mol. The average Bonchev–Trinajstić information content (AvgIpc) is 2.64. The van der Waals surface area contributed by atoms with E-state index in [4.69, 9.17) is 4.74 Å². The number of benzene rings is 1. The van der Waals surface area contributed by atoms with E-state index in [9.17, 15) is 4.79 Å². The molecule has 3 heteroatoms. The van der Waals surface area contributed by atoms with Crippen molar-refractivity contribution in [2.24, 2.45) is 0 Å². The Kier molecular flexibility index (Phi) is 8.31. The van der Waals surface area contributed by atoms with Crippen LogP contribution in [0.25, 0.3) is 0 Å². The summed E-state index contributed by atoms with van der Waals surface area (Å²) in [7, 11) is 0. The van der Waals surface area contributed by atoms with Crippen LogP contribution in [-0.4, -0.2) is 25.7 Å². The van der Waals surface area contributed by atoms with Gasteiger partial charge in [-0.2, -0.15) is 0 Å². The minimum absolute atomic E-state index is 0.0380. The van der Waals surface area contributed by atoms with Gasteiger partial charge in [0.15, 0.2) is 0 Å². The summed E-state index contributed by atoms with van der Waals surface area (Å²) < 4.78 is 5.55. The van der Waals surface area contributed by atoms with E-state index in [0.717, 1.165) is 39.0 Å². The lowest BCUT2D eigenvalue weighted by atomic mass is 9.74. The van der Waals surface area contributed by atoms with Gasteiger partial charge >= 0.3 is 0 Å². The van der Waals surface area contributed by atoms with Crippen LogP contribution in [0.5, 0.6) is 0 Å². The van der Waals surface area contributed by atoms with Gasteiger partial charge in [0.2, 0.25) is 5.91 Å². The van der Waals surface area contributed by atoms with Gasteiger partial charge < -0.3 is 10.1 Å². The van der Waals surface area contributed by atoms with E-state index in [2.05, 4.69) is 36.5 Å².